The lowest BCUT2D eigenvalue weighted by atomic mass is 10.2. The second-order valence-corrected chi connectivity index (χ2v) is 6.68. The van der Waals surface area contributed by atoms with Crippen LogP contribution in [-0.2, 0) is 0 Å². The Morgan fingerprint density at radius 2 is 1.65 bits per heavy atom. The number of carbonyl (C=O) groups excluding carboxylic acids is 2. The van der Waals surface area contributed by atoms with Gasteiger partial charge in [0.25, 0.3) is 11.8 Å². The Morgan fingerprint density at radius 1 is 1.04 bits per heavy atom. The molecular weight excluding hydrogens is 400 g/mol. The number of halogens is 1. The third kappa shape index (κ3) is 3.55. The Balaban J connectivity index is 1.72. The lowest BCUT2D eigenvalue weighted by Gasteiger charge is -2.08. The average molecular weight is 417 g/mol. The topological polar surface area (TPSA) is 89.2 Å². The summed E-state index contributed by atoms with van der Waals surface area (Å²) in [7, 11) is 0. The predicted molar refractivity (Wildman–Crippen MR) is 99.1 cm³/mol. The number of nitrogens with one attached hydrogen (secondary N) is 2. The number of furan rings is 1. The molecule has 0 aliphatic carbocycles. The van der Waals surface area contributed by atoms with Crippen LogP contribution in [0.4, 0.5) is 0 Å². The van der Waals surface area contributed by atoms with Crippen LogP contribution in [0.15, 0.2) is 45.4 Å². The molecule has 134 valence electrons. The molecule has 0 spiro atoms. The van der Waals surface area contributed by atoms with Crippen molar-refractivity contribution in [2.75, 3.05) is 0 Å². The van der Waals surface area contributed by atoms with Gasteiger partial charge in [0, 0.05) is 4.47 Å². The van der Waals surface area contributed by atoms with Gasteiger partial charge in [0.15, 0.2) is 0 Å². The van der Waals surface area contributed by atoms with Gasteiger partial charge in [0.1, 0.15) is 11.5 Å². The number of benzene rings is 1. The molecule has 0 fully saturated rings. The van der Waals surface area contributed by atoms with Crippen molar-refractivity contribution < 1.29 is 14.0 Å². The molecule has 3 aromatic rings. The second-order valence-electron chi connectivity index (χ2n) is 5.77. The minimum Gasteiger partial charge on any atom is -0.466 e. The minimum absolute atomic E-state index is 0.369. The van der Waals surface area contributed by atoms with Crippen LogP contribution < -0.4 is 10.9 Å². The van der Waals surface area contributed by atoms with Gasteiger partial charge in [-0.05, 0) is 51.1 Å². The number of rotatable bonds is 3. The van der Waals surface area contributed by atoms with E-state index in [9.17, 15) is 9.59 Å². The zero-order chi connectivity index (χ0) is 18.8. The van der Waals surface area contributed by atoms with Gasteiger partial charge in [-0.2, -0.15) is 5.10 Å². The van der Waals surface area contributed by atoms with Crippen molar-refractivity contribution in [2.24, 2.45) is 0 Å². The highest BCUT2D eigenvalue weighted by Crippen LogP contribution is 2.17. The number of carbonyl (C=O) groups is 2. The Kier molecular flexibility index (Phi) is 4.94. The number of aryl methyl sites for hydroxylation is 2. The van der Waals surface area contributed by atoms with E-state index < -0.39 is 11.8 Å². The summed E-state index contributed by atoms with van der Waals surface area (Å²) in [4.78, 5) is 24.5. The van der Waals surface area contributed by atoms with E-state index >= 15 is 0 Å². The van der Waals surface area contributed by atoms with E-state index in [1.165, 1.54) is 6.20 Å². The van der Waals surface area contributed by atoms with Crippen LogP contribution in [0.2, 0.25) is 0 Å². The quantitative estimate of drug-likeness (QED) is 0.641. The van der Waals surface area contributed by atoms with Crippen molar-refractivity contribution >= 4 is 27.7 Å². The van der Waals surface area contributed by atoms with E-state index in [0.29, 0.717) is 28.3 Å². The van der Waals surface area contributed by atoms with Gasteiger partial charge in [0.2, 0.25) is 0 Å². The van der Waals surface area contributed by atoms with E-state index in [0.717, 1.165) is 10.2 Å². The van der Waals surface area contributed by atoms with E-state index in [1.807, 2.05) is 24.3 Å². The first-order valence-electron chi connectivity index (χ1n) is 7.85. The fourth-order valence-electron chi connectivity index (χ4n) is 2.58. The summed E-state index contributed by atoms with van der Waals surface area (Å²) < 4.78 is 7.93. The van der Waals surface area contributed by atoms with Gasteiger partial charge in [-0.3, -0.25) is 20.4 Å². The Morgan fingerprint density at radius 3 is 2.23 bits per heavy atom. The normalized spacial score (nSPS) is 10.6. The third-order valence-corrected chi connectivity index (χ3v) is 4.43. The third-order valence-electron chi connectivity index (χ3n) is 3.90. The fraction of sp³-hybridized carbons (Fsp3) is 0.167. The maximum atomic E-state index is 12.4. The van der Waals surface area contributed by atoms with Crippen LogP contribution in [0.25, 0.3) is 5.69 Å². The van der Waals surface area contributed by atoms with E-state index in [2.05, 4.69) is 31.9 Å². The van der Waals surface area contributed by atoms with Crippen LogP contribution in [0.3, 0.4) is 0 Å². The van der Waals surface area contributed by atoms with Crippen molar-refractivity contribution in [3.05, 3.63) is 69.3 Å². The molecule has 2 N–H and O–H groups in total. The number of hydrazine groups is 1. The SMILES string of the molecule is Cc1cc(C(=O)NNC(=O)c2cnn(-c3ccc(Br)cc3)c2C)c(C)o1. The molecule has 2 amide bonds. The van der Waals surface area contributed by atoms with Gasteiger partial charge in [-0.15, -0.1) is 0 Å². The summed E-state index contributed by atoms with van der Waals surface area (Å²) in [6, 6.07) is 9.18. The van der Waals surface area contributed by atoms with Gasteiger partial charge in [-0.25, -0.2) is 4.68 Å². The number of hydrogen-bond acceptors (Lipinski definition) is 4. The first-order valence-corrected chi connectivity index (χ1v) is 8.64. The van der Waals surface area contributed by atoms with Gasteiger partial charge in [-0.1, -0.05) is 15.9 Å². The molecular formula is C18H17BrN4O3. The largest absolute Gasteiger partial charge is 0.466 e. The molecule has 1 aromatic carbocycles. The molecule has 8 heteroatoms. The van der Waals surface area contributed by atoms with Crippen molar-refractivity contribution in [3.63, 3.8) is 0 Å². The highest BCUT2D eigenvalue weighted by atomic mass is 79.9. The van der Waals surface area contributed by atoms with Crippen LogP contribution in [0.5, 0.6) is 0 Å². The lowest BCUT2D eigenvalue weighted by Crippen LogP contribution is -2.41. The molecule has 26 heavy (non-hydrogen) atoms. The molecule has 0 saturated heterocycles. The summed E-state index contributed by atoms with van der Waals surface area (Å²) >= 11 is 3.38. The van der Waals surface area contributed by atoms with Crippen molar-refractivity contribution in [1.82, 2.24) is 20.6 Å². The first-order chi connectivity index (χ1) is 12.4. The van der Waals surface area contributed by atoms with E-state index in [1.54, 1.807) is 31.5 Å². The van der Waals surface area contributed by atoms with Crippen molar-refractivity contribution in [1.29, 1.82) is 0 Å². The first kappa shape index (κ1) is 17.9. The molecule has 3 rings (SSSR count). The van der Waals surface area contributed by atoms with Crippen LogP contribution in [0, 0.1) is 20.8 Å². The molecule has 0 bridgehead atoms. The summed E-state index contributed by atoms with van der Waals surface area (Å²) in [6.07, 6.45) is 1.46. The summed E-state index contributed by atoms with van der Waals surface area (Å²) in [5, 5.41) is 4.25. The molecule has 0 unspecified atom stereocenters. The van der Waals surface area contributed by atoms with E-state index in [-0.39, 0.29) is 0 Å². The molecule has 7 nitrogen and oxygen atoms in total. The fourth-order valence-corrected chi connectivity index (χ4v) is 2.84. The van der Waals surface area contributed by atoms with E-state index in [4.69, 9.17) is 4.42 Å². The maximum Gasteiger partial charge on any atom is 0.273 e. The molecule has 0 aliphatic rings. The highest BCUT2D eigenvalue weighted by molar-refractivity contribution is 9.10. The second kappa shape index (κ2) is 7.17. The van der Waals surface area contributed by atoms with Gasteiger partial charge >= 0.3 is 0 Å². The maximum absolute atomic E-state index is 12.4. The average Bonchev–Trinajstić information content (AvgIpc) is 3.15. The van der Waals surface area contributed by atoms with Crippen molar-refractivity contribution in [2.45, 2.75) is 20.8 Å². The Bertz CT molecular complexity index is 973. The Labute approximate surface area is 158 Å². The smallest absolute Gasteiger partial charge is 0.273 e. The van der Waals surface area contributed by atoms with Gasteiger partial charge < -0.3 is 4.42 Å². The zero-order valence-electron chi connectivity index (χ0n) is 14.5. The monoisotopic (exact) mass is 416 g/mol. The molecule has 0 atom stereocenters. The number of nitrogens with zero attached hydrogens (tertiary/aromatic N) is 2. The summed E-state index contributed by atoms with van der Waals surface area (Å²) in [5.41, 5.74) is 7.04. The number of amides is 2. The molecule has 2 aromatic heterocycles. The van der Waals surface area contributed by atoms with Crippen LogP contribution in [-0.4, -0.2) is 21.6 Å². The summed E-state index contributed by atoms with van der Waals surface area (Å²) in [5.74, 6) is 0.238. The molecule has 0 aliphatic heterocycles. The molecule has 0 radical (unpaired) electrons. The number of aromatic nitrogens is 2. The van der Waals surface area contributed by atoms with Gasteiger partial charge in [0.05, 0.1) is 28.7 Å². The van der Waals surface area contributed by atoms with Crippen LogP contribution >= 0.6 is 15.9 Å². The van der Waals surface area contributed by atoms with Crippen molar-refractivity contribution in [3.8, 4) is 5.69 Å². The van der Waals surface area contributed by atoms with Crippen LogP contribution in [0.1, 0.15) is 37.9 Å². The minimum atomic E-state index is -0.447. The standard InChI is InChI=1S/C18H17BrN4O3/c1-10-8-15(12(3)26-10)17(24)21-22-18(25)16-9-20-23(11(16)2)14-6-4-13(19)5-7-14/h4-9H,1-3H3,(H,21,24)(H,22,25). The lowest BCUT2D eigenvalue weighted by molar-refractivity contribution is 0.0845. The zero-order valence-corrected chi connectivity index (χ0v) is 16.0. The predicted octanol–water partition coefficient (Wildman–Crippen LogP) is 3.23. The highest BCUT2D eigenvalue weighted by Gasteiger charge is 2.18. The number of hydrogen-bond donors (Lipinski definition) is 2. The molecule has 0 saturated carbocycles. The Hall–Kier alpha value is -2.87. The molecule has 2 heterocycles. The summed E-state index contributed by atoms with van der Waals surface area (Å²) in [6.45, 7) is 5.23.